The normalized spacial score (nSPS) is 19.2. The molecule has 1 saturated heterocycles. The summed E-state index contributed by atoms with van der Waals surface area (Å²) in [5.41, 5.74) is 1.79. The molecule has 0 radical (unpaired) electrons. The number of aromatic nitrogens is 3. The Hall–Kier alpha value is -2.66. The second-order valence-corrected chi connectivity index (χ2v) is 8.95. The van der Waals surface area contributed by atoms with Crippen molar-refractivity contribution < 1.29 is 18.6 Å². The zero-order chi connectivity index (χ0) is 23.1. The van der Waals surface area contributed by atoms with Gasteiger partial charge in [-0.25, -0.2) is 4.39 Å². The van der Waals surface area contributed by atoms with Gasteiger partial charge in [-0.05, 0) is 32.0 Å². The van der Waals surface area contributed by atoms with Crippen molar-refractivity contribution in [3.8, 4) is 17.2 Å². The van der Waals surface area contributed by atoms with Crippen molar-refractivity contribution >= 4 is 35.8 Å². The van der Waals surface area contributed by atoms with Gasteiger partial charge < -0.3 is 24.4 Å². The molecule has 3 aromatic rings. The van der Waals surface area contributed by atoms with Crippen LogP contribution in [0.4, 0.5) is 4.39 Å². The molecule has 6 heterocycles. The third-order valence-corrected chi connectivity index (χ3v) is 6.75. The molecule has 36 heavy (non-hydrogen) atoms. The van der Waals surface area contributed by atoms with Gasteiger partial charge in [0.15, 0.2) is 23.1 Å². The largest absolute Gasteiger partial charge is 0.486 e. The average molecular weight is 540 g/mol. The van der Waals surface area contributed by atoms with Gasteiger partial charge in [0, 0.05) is 31.3 Å². The summed E-state index contributed by atoms with van der Waals surface area (Å²) >= 11 is 0. The number of hydrogen-bond donors (Lipinski definition) is 1. The molecule has 3 aromatic heterocycles. The highest BCUT2D eigenvalue weighted by molar-refractivity contribution is 5.85. The number of nitrogens with one attached hydrogen (secondary N) is 1. The Bertz CT molecular complexity index is 1290. The zero-order valence-electron chi connectivity index (χ0n) is 19.5. The third-order valence-electron chi connectivity index (χ3n) is 6.75. The van der Waals surface area contributed by atoms with E-state index in [1.807, 2.05) is 6.07 Å². The minimum atomic E-state index is -0.537. The van der Waals surface area contributed by atoms with E-state index >= 15 is 0 Å². The Balaban J connectivity index is 0.00000152. The van der Waals surface area contributed by atoms with Gasteiger partial charge in [0.2, 0.25) is 0 Å². The highest BCUT2D eigenvalue weighted by Gasteiger charge is 2.29. The predicted molar refractivity (Wildman–Crippen MR) is 137 cm³/mol. The lowest BCUT2D eigenvalue weighted by Gasteiger charge is -2.36. The number of nitrogens with zero attached hydrogens (tertiary/aromatic N) is 4. The third kappa shape index (κ3) is 5.08. The molecule has 1 N–H and O–H groups in total. The highest BCUT2D eigenvalue weighted by atomic mass is 35.5. The maximum absolute atomic E-state index is 14.2. The fourth-order valence-electron chi connectivity index (χ4n) is 5.01. The Morgan fingerprint density at radius 2 is 1.81 bits per heavy atom. The number of piperidine rings is 1. The first-order valence-corrected chi connectivity index (χ1v) is 11.7. The van der Waals surface area contributed by atoms with Crippen LogP contribution in [-0.4, -0.2) is 64.9 Å². The number of halogens is 3. The Kier molecular flexibility index (Phi) is 8.19. The summed E-state index contributed by atoms with van der Waals surface area (Å²) < 4.78 is 32.8. The first-order chi connectivity index (χ1) is 16.7. The van der Waals surface area contributed by atoms with Gasteiger partial charge in [0.1, 0.15) is 25.3 Å². The molecule has 0 unspecified atom stereocenters. The Morgan fingerprint density at radius 1 is 1.03 bits per heavy atom. The number of likely N-dealkylation sites (tertiary alicyclic amines) is 1. The minimum absolute atomic E-state index is 0. The fraction of sp³-hybridized carbons (Fsp3) is 0.458. The molecule has 0 aromatic carbocycles. The number of rotatable bonds is 5. The Morgan fingerprint density at radius 3 is 2.61 bits per heavy atom. The summed E-state index contributed by atoms with van der Waals surface area (Å²) in [5, 5.41) is 3.60. The van der Waals surface area contributed by atoms with E-state index in [0.29, 0.717) is 49.1 Å². The first-order valence-electron chi connectivity index (χ1n) is 11.7. The van der Waals surface area contributed by atoms with Gasteiger partial charge in [0.05, 0.1) is 29.6 Å². The van der Waals surface area contributed by atoms with Crippen molar-refractivity contribution in [1.29, 1.82) is 0 Å². The Labute approximate surface area is 219 Å². The van der Waals surface area contributed by atoms with Gasteiger partial charge in [0.25, 0.3) is 5.56 Å². The second-order valence-electron chi connectivity index (χ2n) is 8.95. The van der Waals surface area contributed by atoms with E-state index in [-0.39, 0.29) is 48.8 Å². The van der Waals surface area contributed by atoms with Crippen LogP contribution in [0.5, 0.6) is 17.2 Å². The SMILES string of the molecule is Cl.Cl.O=c1ccc2ncc(F)c3c2n1[C@@H](CN1CCC(NCc2cc4c(cn2)OCCO4)CC1)CO3. The predicted octanol–water partition coefficient (Wildman–Crippen LogP) is 2.73. The van der Waals surface area contributed by atoms with Crippen molar-refractivity contribution in [2.45, 2.75) is 31.5 Å². The molecule has 0 spiro atoms. The molecule has 1 atom stereocenters. The molecule has 0 aliphatic carbocycles. The lowest BCUT2D eigenvalue weighted by Crippen LogP contribution is -2.46. The molecule has 0 bridgehead atoms. The number of pyridine rings is 3. The smallest absolute Gasteiger partial charge is 0.251 e. The average Bonchev–Trinajstić information content (AvgIpc) is 2.87. The molecular weight excluding hydrogens is 512 g/mol. The van der Waals surface area contributed by atoms with E-state index < -0.39 is 5.82 Å². The van der Waals surface area contributed by atoms with Gasteiger partial charge in [-0.1, -0.05) is 0 Å². The summed E-state index contributed by atoms with van der Waals surface area (Å²) in [7, 11) is 0. The van der Waals surface area contributed by atoms with Crippen molar-refractivity contribution in [2.24, 2.45) is 0 Å². The summed E-state index contributed by atoms with van der Waals surface area (Å²) in [6, 6.07) is 5.26. The number of hydrogen-bond acceptors (Lipinski definition) is 8. The van der Waals surface area contributed by atoms with Crippen molar-refractivity contribution in [3.63, 3.8) is 0 Å². The maximum Gasteiger partial charge on any atom is 0.251 e. The van der Waals surface area contributed by atoms with Gasteiger partial charge >= 0.3 is 0 Å². The van der Waals surface area contributed by atoms with E-state index in [9.17, 15) is 9.18 Å². The quantitative estimate of drug-likeness (QED) is 0.529. The van der Waals surface area contributed by atoms with Gasteiger partial charge in [-0.3, -0.25) is 19.3 Å². The molecule has 0 amide bonds. The molecular formula is C24H28Cl2FN5O4. The van der Waals surface area contributed by atoms with Crippen LogP contribution in [0.15, 0.2) is 35.4 Å². The van der Waals surface area contributed by atoms with Crippen LogP contribution in [0.2, 0.25) is 0 Å². The van der Waals surface area contributed by atoms with Crippen molar-refractivity contribution in [1.82, 2.24) is 24.8 Å². The molecule has 194 valence electrons. The van der Waals surface area contributed by atoms with E-state index in [4.69, 9.17) is 14.2 Å². The molecule has 1 fully saturated rings. The first kappa shape index (κ1) is 26.4. The summed E-state index contributed by atoms with van der Waals surface area (Å²) in [6.45, 7) is 4.54. The van der Waals surface area contributed by atoms with Crippen LogP contribution in [0.3, 0.4) is 0 Å². The molecule has 0 saturated carbocycles. The lowest BCUT2D eigenvalue weighted by molar-refractivity contribution is 0.137. The summed E-state index contributed by atoms with van der Waals surface area (Å²) in [5.74, 6) is 1.04. The van der Waals surface area contributed by atoms with Gasteiger partial charge in [-0.15, -0.1) is 24.8 Å². The van der Waals surface area contributed by atoms with Crippen molar-refractivity contribution in [3.05, 3.63) is 52.5 Å². The van der Waals surface area contributed by atoms with Crippen LogP contribution < -0.4 is 25.1 Å². The topological polar surface area (TPSA) is 90.7 Å². The zero-order valence-corrected chi connectivity index (χ0v) is 21.2. The monoisotopic (exact) mass is 539 g/mol. The van der Waals surface area contributed by atoms with Crippen LogP contribution >= 0.6 is 24.8 Å². The highest BCUT2D eigenvalue weighted by Crippen LogP contribution is 2.33. The maximum atomic E-state index is 14.2. The van der Waals surface area contributed by atoms with E-state index in [1.54, 1.807) is 16.8 Å². The number of fused-ring (bicyclic) bond motifs is 1. The minimum Gasteiger partial charge on any atom is -0.486 e. The van der Waals surface area contributed by atoms with Crippen molar-refractivity contribution in [2.75, 3.05) is 39.5 Å². The fourth-order valence-corrected chi connectivity index (χ4v) is 5.01. The molecule has 9 nitrogen and oxygen atoms in total. The summed E-state index contributed by atoms with van der Waals surface area (Å²) in [6.07, 6.45) is 4.85. The molecule has 6 rings (SSSR count). The molecule has 3 aliphatic heterocycles. The van der Waals surface area contributed by atoms with Gasteiger partial charge in [-0.2, -0.15) is 0 Å². The lowest BCUT2D eigenvalue weighted by atomic mass is 10.0. The summed E-state index contributed by atoms with van der Waals surface area (Å²) in [4.78, 5) is 23.6. The van der Waals surface area contributed by atoms with E-state index in [0.717, 1.165) is 43.6 Å². The van der Waals surface area contributed by atoms with Crippen LogP contribution in [-0.2, 0) is 6.54 Å². The van der Waals surface area contributed by atoms with E-state index in [2.05, 4.69) is 20.2 Å². The number of ether oxygens (including phenoxy) is 3. The molecule has 3 aliphatic rings. The molecule has 12 heteroatoms. The van der Waals surface area contributed by atoms with Crippen LogP contribution in [0.1, 0.15) is 24.6 Å². The van der Waals surface area contributed by atoms with Crippen LogP contribution in [0, 0.1) is 5.82 Å². The van der Waals surface area contributed by atoms with Crippen LogP contribution in [0.25, 0.3) is 11.0 Å². The standard InChI is InChI=1S/C24H26FN5O4.2ClH/c25-18-11-28-19-1-2-22(31)30-17(14-34-24(18)23(19)30)13-29-5-3-15(4-6-29)26-10-16-9-20-21(12-27-16)33-8-7-32-20;;/h1-2,9,11-12,15,17,26H,3-8,10,13-14H2;2*1H/t17-;;/m0../s1. The van der Waals surface area contributed by atoms with E-state index in [1.165, 1.54) is 6.07 Å². The second kappa shape index (κ2) is 11.2.